The van der Waals surface area contributed by atoms with E-state index >= 15 is 0 Å². The van der Waals surface area contributed by atoms with Gasteiger partial charge in [-0.25, -0.2) is 5.43 Å². The number of ether oxygens (including phenoxy) is 1. The second-order valence-corrected chi connectivity index (χ2v) is 5.56. The lowest BCUT2D eigenvalue weighted by atomic mass is 10.2. The number of hydrogen-bond acceptors (Lipinski definition) is 6. The molecule has 2 heterocycles. The number of amides is 1. The summed E-state index contributed by atoms with van der Waals surface area (Å²) in [4.78, 5) is 23.6. The molecule has 1 amide bonds. The number of anilines is 1. The minimum Gasteiger partial charge on any atom is -0.383 e. The van der Waals surface area contributed by atoms with E-state index in [2.05, 4.69) is 20.9 Å². The van der Waals surface area contributed by atoms with Crippen LogP contribution in [0.1, 0.15) is 18.5 Å². The standard InChI is InChI=1S/C15H19N5O3/c1-20-13(6-10(19-20)8-23-2)15(22)16-14-7-12(17-18-14)9-3-4-11(21)5-9/h5-7,10,19H,3-4,8H2,1-2H3,(H2,16,17,18,22). The van der Waals surface area contributed by atoms with Crippen molar-refractivity contribution in [3.05, 3.63) is 29.6 Å². The van der Waals surface area contributed by atoms with Gasteiger partial charge in [-0.2, -0.15) is 5.10 Å². The molecule has 1 unspecified atom stereocenters. The first kappa shape index (κ1) is 15.4. The minimum atomic E-state index is -0.256. The summed E-state index contributed by atoms with van der Waals surface area (Å²) < 4.78 is 5.07. The van der Waals surface area contributed by atoms with Crippen LogP contribution in [0.4, 0.5) is 5.82 Å². The highest BCUT2D eigenvalue weighted by atomic mass is 16.5. The highest BCUT2D eigenvalue weighted by Crippen LogP contribution is 2.25. The number of allylic oxidation sites excluding steroid dienone is 2. The Kier molecular flexibility index (Phi) is 4.26. The number of methoxy groups -OCH3 is 1. The molecule has 0 bridgehead atoms. The largest absolute Gasteiger partial charge is 0.383 e. The fraction of sp³-hybridized carbons (Fsp3) is 0.400. The van der Waals surface area contributed by atoms with Crippen LogP contribution in [-0.2, 0) is 14.3 Å². The van der Waals surface area contributed by atoms with Gasteiger partial charge in [-0.3, -0.25) is 14.7 Å². The van der Waals surface area contributed by atoms with Crippen LogP contribution in [0.5, 0.6) is 0 Å². The van der Waals surface area contributed by atoms with Gasteiger partial charge in [0.05, 0.1) is 18.3 Å². The van der Waals surface area contributed by atoms with E-state index in [-0.39, 0.29) is 17.7 Å². The van der Waals surface area contributed by atoms with Crippen molar-refractivity contribution in [3.8, 4) is 0 Å². The van der Waals surface area contributed by atoms with Crippen molar-refractivity contribution in [1.29, 1.82) is 0 Å². The summed E-state index contributed by atoms with van der Waals surface area (Å²) in [5, 5.41) is 11.3. The molecule has 2 aliphatic rings. The minimum absolute atomic E-state index is 0.0323. The molecule has 122 valence electrons. The Morgan fingerprint density at radius 2 is 2.35 bits per heavy atom. The third-order valence-electron chi connectivity index (χ3n) is 3.80. The molecule has 0 aromatic carbocycles. The van der Waals surface area contributed by atoms with Gasteiger partial charge in [-0.1, -0.05) is 0 Å². The Labute approximate surface area is 133 Å². The SMILES string of the molecule is COCC1C=C(C(=O)Nc2cc(C3=CC(=O)CC3)[nH]n2)N(C)N1. The van der Waals surface area contributed by atoms with Crippen LogP contribution in [0.2, 0.25) is 0 Å². The van der Waals surface area contributed by atoms with Crippen LogP contribution in [0.3, 0.4) is 0 Å². The van der Waals surface area contributed by atoms with E-state index in [0.717, 1.165) is 11.3 Å². The number of aromatic nitrogens is 2. The summed E-state index contributed by atoms with van der Waals surface area (Å²) in [6.07, 6.45) is 4.65. The van der Waals surface area contributed by atoms with Crippen molar-refractivity contribution in [1.82, 2.24) is 20.6 Å². The lowest BCUT2D eigenvalue weighted by molar-refractivity contribution is -0.115. The lowest BCUT2D eigenvalue weighted by Gasteiger charge is -2.17. The van der Waals surface area contributed by atoms with Crippen molar-refractivity contribution in [3.63, 3.8) is 0 Å². The molecule has 3 rings (SSSR count). The van der Waals surface area contributed by atoms with Gasteiger partial charge >= 0.3 is 0 Å². The van der Waals surface area contributed by atoms with E-state index in [9.17, 15) is 9.59 Å². The first-order chi connectivity index (χ1) is 11.1. The predicted octanol–water partition coefficient (Wildman–Crippen LogP) is 0.443. The van der Waals surface area contributed by atoms with Gasteiger partial charge in [-0.15, -0.1) is 0 Å². The molecule has 1 atom stereocenters. The zero-order valence-corrected chi connectivity index (χ0v) is 13.0. The quantitative estimate of drug-likeness (QED) is 0.729. The number of carbonyl (C=O) groups is 2. The molecule has 0 saturated heterocycles. The molecule has 0 radical (unpaired) electrons. The summed E-state index contributed by atoms with van der Waals surface area (Å²) in [5.74, 6) is 0.288. The molecular formula is C15H19N5O3. The Morgan fingerprint density at radius 3 is 3.04 bits per heavy atom. The number of carbonyl (C=O) groups excluding carboxylic acids is 2. The monoisotopic (exact) mass is 317 g/mol. The molecule has 0 spiro atoms. The Balaban J connectivity index is 1.67. The number of H-pyrrole nitrogens is 1. The lowest BCUT2D eigenvalue weighted by Crippen LogP contribution is -2.38. The van der Waals surface area contributed by atoms with Gasteiger partial charge in [0.2, 0.25) is 0 Å². The van der Waals surface area contributed by atoms with Gasteiger partial charge in [-0.05, 0) is 24.1 Å². The average Bonchev–Trinajstić information content (AvgIpc) is 3.20. The molecule has 8 heteroatoms. The van der Waals surface area contributed by atoms with Crippen LogP contribution >= 0.6 is 0 Å². The summed E-state index contributed by atoms with van der Waals surface area (Å²) in [7, 11) is 3.38. The van der Waals surface area contributed by atoms with Crippen molar-refractivity contribution < 1.29 is 14.3 Å². The third-order valence-corrected chi connectivity index (χ3v) is 3.80. The Hall–Kier alpha value is -2.45. The molecule has 1 aromatic rings. The maximum atomic E-state index is 12.3. The summed E-state index contributed by atoms with van der Waals surface area (Å²) >= 11 is 0. The molecule has 23 heavy (non-hydrogen) atoms. The first-order valence-corrected chi connectivity index (χ1v) is 7.38. The number of likely N-dealkylation sites (N-methyl/N-ethyl adjacent to an activating group) is 1. The van der Waals surface area contributed by atoms with Gasteiger partial charge in [0.15, 0.2) is 11.6 Å². The molecule has 0 saturated carbocycles. The summed E-state index contributed by atoms with van der Waals surface area (Å²) in [5.41, 5.74) is 5.29. The molecular weight excluding hydrogens is 298 g/mol. The second-order valence-electron chi connectivity index (χ2n) is 5.56. The topological polar surface area (TPSA) is 99.3 Å². The number of rotatable bonds is 5. The number of hydrogen-bond donors (Lipinski definition) is 3. The molecule has 1 aliphatic heterocycles. The van der Waals surface area contributed by atoms with Gasteiger partial charge < -0.3 is 15.1 Å². The fourth-order valence-corrected chi connectivity index (χ4v) is 2.69. The Bertz CT molecular complexity index is 691. The first-order valence-electron chi connectivity index (χ1n) is 7.38. The maximum absolute atomic E-state index is 12.3. The van der Waals surface area contributed by atoms with E-state index in [0.29, 0.717) is 31.0 Å². The highest BCUT2D eigenvalue weighted by Gasteiger charge is 2.25. The fourth-order valence-electron chi connectivity index (χ4n) is 2.69. The molecule has 0 fully saturated rings. The highest BCUT2D eigenvalue weighted by molar-refractivity contribution is 6.04. The number of nitrogens with zero attached hydrogens (tertiary/aromatic N) is 2. The summed E-state index contributed by atoms with van der Waals surface area (Å²) in [6, 6.07) is 1.70. The number of hydrazine groups is 1. The summed E-state index contributed by atoms with van der Waals surface area (Å²) in [6.45, 7) is 0.482. The zero-order chi connectivity index (χ0) is 16.4. The van der Waals surface area contributed by atoms with Crippen LogP contribution in [0.25, 0.3) is 5.57 Å². The van der Waals surface area contributed by atoms with Crippen molar-refractivity contribution in [2.45, 2.75) is 18.9 Å². The predicted molar refractivity (Wildman–Crippen MR) is 84.1 cm³/mol. The normalized spacial score (nSPS) is 20.7. The van der Waals surface area contributed by atoms with Gasteiger partial charge in [0.25, 0.3) is 5.91 Å². The molecule has 1 aromatic heterocycles. The van der Waals surface area contributed by atoms with Crippen LogP contribution in [-0.4, -0.2) is 53.7 Å². The van der Waals surface area contributed by atoms with E-state index < -0.39 is 0 Å². The van der Waals surface area contributed by atoms with Crippen molar-refractivity contribution >= 4 is 23.1 Å². The van der Waals surface area contributed by atoms with Crippen LogP contribution < -0.4 is 10.7 Å². The number of ketones is 1. The molecule has 3 N–H and O–H groups in total. The van der Waals surface area contributed by atoms with Crippen molar-refractivity contribution in [2.24, 2.45) is 0 Å². The van der Waals surface area contributed by atoms with Crippen molar-refractivity contribution in [2.75, 3.05) is 26.1 Å². The molecule has 8 nitrogen and oxygen atoms in total. The smallest absolute Gasteiger partial charge is 0.274 e. The van der Waals surface area contributed by atoms with E-state index in [4.69, 9.17) is 4.74 Å². The van der Waals surface area contributed by atoms with Gasteiger partial charge in [0.1, 0.15) is 5.70 Å². The Morgan fingerprint density at radius 1 is 1.52 bits per heavy atom. The van der Waals surface area contributed by atoms with Crippen LogP contribution in [0, 0.1) is 0 Å². The number of aromatic amines is 1. The number of nitrogens with one attached hydrogen (secondary N) is 3. The second kappa shape index (κ2) is 6.35. The van der Waals surface area contributed by atoms with Crippen LogP contribution in [0.15, 0.2) is 23.9 Å². The maximum Gasteiger partial charge on any atom is 0.274 e. The average molecular weight is 317 g/mol. The zero-order valence-electron chi connectivity index (χ0n) is 13.0. The van der Waals surface area contributed by atoms with E-state index in [1.807, 2.05) is 6.08 Å². The van der Waals surface area contributed by atoms with E-state index in [1.54, 1.807) is 31.3 Å². The molecule has 1 aliphatic carbocycles. The third kappa shape index (κ3) is 3.33. The van der Waals surface area contributed by atoms with E-state index in [1.165, 1.54) is 0 Å². The van der Waals surface area contributed by atoms with Gasteiger partial charge in [0, 0.05) is 26.6 Å².